The maximum absolute atomic E-state index is 5.60. The van der Waals surface area contributed by atoms with Crippen LogP contribution in [0.5, 0.6) is 0 Å². The first-order valence-electron chi connectivity index (χ1n) is 4.49. The summed E-state index contributed by atoms with van der Waals surface area (Å²) in [6, 6.07) is 0.528. The lowest BCUT2D eigenvalue weighted by Crippen LogP contribution is -2.44. The van der Waals surface area contributed by atoms with Crippen LogP contribution in [0.2, 0.25) is 0 Å². The first-order valence-corrected chi connectivity index (χ1v) is 5.37. The normalized spacial score (nSPS) is 24.2. The fourth-order valence-electron chi connectivity index (χ4n) is 1.55. The maximum Gasteiger partial charge on any atom is 0.110 e. The van der Waals surface area contributed by atoms with Crippen molar-refractivity contribution in [3.05, 3.63) is 0 Å². The second-order valence-corrected chi connectivity index (χ2v) is 3.92. The molecule has 0 radical (unpaired) electrons. The van der Waals surface area contributed by atoms with Gasteiger partial charge in [-0.3, -0.25) is 4.90 Å². The van der Waals surface area contributed by atoms with Crippen LogP contribution < -0.4 is 5.73 Å². The van der Waals surface area contributed by atoms with E-state index in [0.717, 1.165) is 32.5 Å². The average Bonchev–Trinajstić information content (AvgIpc) is 2.17. The summed E-state index contributed by atoms with van der Waals surface area (Å²) >= 11 is 2.00. The number of nitrogens with zero attached hydrogens (tertiary/aromatic N) is 1. The highest BCUT2D eigenvalue weighted by Crippen LogP contribution is 2.17. The summed E-state index contributed by atoms with van der Waals surface area (Å²) in [5, 5.41) is 0. The number of halogens is 1. The molecule has 1 aliphatic rings. The Morgan fingerprint density at radius 3 is 2.58 bits per heavy atom. The van der Waals surface area contributed by atoms with Gasteiger partial charge in [0, 0.05) is 25.7 Å². The Hall–Kier alpha value is 0.610. The standard InChI is InChI=1S/C8H17IN2O/c1-7(6-10)11-4-2-8(12-9)3-5-11/h7-8H,2-6,10H2,1H3. The van der Waals surface area contributed by atoms with Gasteiger partial charge in [-0.2, -0.15) is 0 Å². The molecule has 1 rings (SSSR count). The zero-order valence-corrected chi connectivity index (χ0v) is 9.66. The molecule has 1 unspecified atom stereocenters. The van der Waals surface area contributed by atoms with E-state index in [2.05, 4.69) is 11.8 Å². The van der Waals surface area contributed by atoms with Gasteiger partial charge in [-0.15, -0.1) is 0 Å². The summed E-state index contributed by atoms with van der Waals surface area (Å²) < 4.78 is 5.26. The van der Waals surface area contributed by atoms with E-state index in [9.17, 15) is 0 Å². The summed E-state index contributed by atoms with van der Waals surface area (Å²) in [5.41, 5.74) is 5.60. The minimum absolute atomic E-state index is 0.465. The predicted molar refractivity (Wildman–Crippen MR) is 58.2 cm³/mol. The molecule has 0 aromatic rings. The molecule has 1 saturated heterocycles. The molecular formula is C8H17IN2O. The molecule has 0 aromatic heterocycles. The van der Waals surface area contributed by atoms with Gasteiger partial charge in [0.1, 0.15) is 23.0 Å². The summed E-state index contributed by atoms with van der Waals surface area (Å²) in [6.45, 7) is 5.21. The van der Waals surface area contributed by atoms with Gasteiger partial charge in [0.2, 0.25) is 0 Å². The van der Waals surface area contributed by atoms with E-state index in [1.165, 1.54) is 0 Å². The molecule has 1 atom stereocenters. The van der Waals surface area contributed by atoms with Crippen molar-refractivity contribution in [3.8, 4) is 0 Å². The van der Waals surface area contributed by atoms with E-state index in [0.29, 0.717) is 12.1 Å². The third-order valence-corrected chi connectivity index (χ3v) is 3.29. The molecule has 0 bridgehead atoms. The number of rotatable bonds is 3. The third-order valence-electron chi connectivity index (χ3n) is 2.57. The van der Waals surface area contributed by atoms with Gasteiger partial charge < -0.3 is 8.80 Å². The molecule has 12 heavy (non-hydrogen) atoms. The number of nitrogens with two attached hydrogens (primary N) is 1. The Morgan fingerprint density at radius 1 is 1.58 bits per heavy atom. The molecule has 3 nitrogen and oxygen atoms in total. The topological polar surface area (TPSA) is 38.5 Å². The molecule has 72 valence electrons. The fraction of sp³-hybridized carbons (Fsp3) is 1.00. The Morgan fingerprint density at radius 2 is 2.17 bits per heavy atom. The van der Waals surface area contributed by atoms with Crippen molar-refractivity contribution in [1.29, 1.82) is 0 Å². The molecular weight excluding hydrogens is 267 g/mol. The summed E-state index contributed by atoms with van der Waals surface area (Å²) in [4.78, 5) is 2.44. The predicted octanol–water partition coefficient (Wildman–Crippen LogP) is 1.16. The van der Waals surface area contributed by atoms with Crippen LogP contribution in [0.1, 0.15) is 19.8 Å². The van der Waals surface area contributed by atoms with Crippen LogP contribution in [0.4, 0.5) is 0 Å². The Bertz CT molecular complexity index is 126. The minimum atomic E-state index is 0.465. The van der Waals surface area contributed by atoms with Gasteiger partial charge in [-0.25, -0.2) is 0 Å². The van der Waals surface area contributed by atoms with Gasteiger partial charge in [0.15, 0.2) is 0 Å². The molecule has 0 aliphatic carbocycles. The van der Waals surface area contributed by atoms with Crippen molar-refractivity contribution in [2.75, 3.05) is 19.6 Å². The van der Waals surface area contributed by atoms with Crippen LogP contribution in [-0.4, -0.2) is 36.7 Å². The van der Waals surface area contributed by atoms with Crippen LogP contribution in [-0.2, 0) is 3.07 Å². The Labute approximate surface area is 88.3 Å². The summed E-state index contributed by atoms with van der Waals surface area (Å²) in [6.07, 6.45) is 2.76. The van der Waals surface area contributed by atoms with E-state index in [1.54, 1.807) is 0 Å². The van der Waals surface area contributed by atoms with E-state index in [1.807, 2.05) is 23.0 Å². The van der Waals surface area contributed by atoms with E-state index in [4.69, 9.17) is 8.80 Å². The SMILES string of the molecule is CC(CN)N1CCC(OI)CC1. The quantitative estimate of drug-likeness (QED) is 0.791. The number of piperidine rings is 1. The third kappa shape index (κ3) is 2.83. The lowest BCUT2D eigenvalue weighted by Gasteiger charge is -2.34. The summed E-state index contributed by atoms with van der Waals surface area (Å²) in [7, 11) is 0. The molecule has 1 aliphatic heterocycles. The molecule has 0 amide bonds. The van der Waals surface area contributed by atoms with E-state index >= 15 is 0 Å². The van der Waals surface area contributed by atoms with Gasteiger partial charge in [-0.1, -0.05) is 0 Å². The zero-order chi connectivity index (χ0) is 8.97. The monoisotopic (exact) mass is 284 g/mol. The largest absolute Gasteiger partial charge is 0.329 e. The molecule has 0 saturated carbocycles. The highest BCUT2D eigenvalue weighted by atomic mass is 127. The van der Waals surface area contributed by atoms with Crippen molar-refractivity contribution < 1.29 is 3.07 Å². The Balaban J connectivity index is 2.25. The van der Waals surface area contributed by atoms with Gasteiger partial charge >= 0.3 is 0 Å². The van der Waals surface area contributed by atoms with Crippen molar-refractivity contribution in [2.45, 2.75) is 31.9 Å². The molecule has 1 fully saturated rings. The molecule has 4 heteroatoms. The van der Waals surface area contributed by atoms with Crippen LogP contribution in [0.25, 0.3) is 0 Å². The van der Waals surface area contributed by atoms with Gasteiger partial charge in [0.05, 0.1) is 6.10 Å². The van der Waals surface area contributed by atoms with Crippen LogP contribution in [0.15, 0.2) is 0 Å². The highest BCUT2D eigenvalue weighted by molar-refractivity contribution is 14.1. The van der Waals surface area contributed by atoms with Crippen LogP contribution >= 0.6 is 23.0 Å². The summed E-state index contributed by atoms with van der Waals surface area (Å²) in [5.74, 6) is 0. The maximum atomic E-state index is 5.60. The van der Waals surface area contributed by atoms with Gasteiger partial charge in [0.25, 0.3) is 0 Å². The first kappa shape index (κ1) is 10.7. The second kappa shape index (κ2) is 5.36. The van der Waals surface area contributed by atoms with E-state index in [-0.39, 0.29) is 0 Å². The first-order chi connectivity index (χ1) is 5.77. The van der Waals surface area contributed by atoms with Crippen LogP contribution in [0.3, 0.4) is 0 Å². The van der Waals surface area contributed by atoms with Crippen molar-refractivity contribution in [2.24, 2.45) is 5.73 Å². The lowest BCUT2D eigenvalue weighted by molar-refractivity contribution is 0.108. The fourth-order valence-corrected chi connectivity index (χ4v) is 2.06. The average molecular weight is 284 g/mol. The zero-order valence-electron chi connectivity index (χ0n) is 7.50. The molecule has 2 N–H and O–H groups in total. The second-order valence-electron chi connectivity index (χ2n) is 3.41. The molecule has 1 heterocycles. The molecule has 0 spiro atoms. The molecule has 0 aromatic carbocycles. The van der Waals surface area contributed by atoms with E-state index < -0.39 is 0 Å². The number of hydrogen-bond donors (Lipinski definition) is 1. The number of likely N-dealkylation sites (tertiary alicyclic amines) is 1. The van der Waals surface area contributed by atoms with Crippen LogP contribution in [0, 0.1) is 0 Å². The Kier molecular flexibility index (Phi) is 4.78. The highest BCUT2D eigenvalue weighted by Gasteiger charge is 2.21. The number of hydrogen-bond acceptors (Lipinski definition) is 3. The van der Waals surface area contributed by atoms with Crippen molar-refractivity contribution in [1.82, 2.24) is 4.90 Å². The van der Waals surface area contributed by atoms with Crippen molar-refractivity contribution in [3.63, 3.8) is 0 Å². The smallest absolute Gasteiger partial charge is 0.110 e. The van der Waals surface area contributed by atoms with Crippen molar-refractivity contribution >= 4 is 23.0 Å². The lowest BCUT2D eigenvalue weighted by atomic mass is 10.1. The van der Waals surface area contributed by atoms with Gasteiger partial charge in [-0.05, 0) is 19.8 Å². The minimum Gasteiger partial charge on any atom is -0.329 e.